The highest BCUT2D eigenvalue weighted by Crippen LogP contribution is 2.44. The Kier molecular flexibility index (Phi) is 7.48. The number of carbonyl (C=O) groups is 3. The summed E-state index contributed by atoms with van der Waals surface area (Å²) in [4.78, 5) is 36.4. The summed E-state index contributed by atoms with van der Waals surface area (Å²) in [5, 5.41) is 14.2. The van der Waals surface area contributed by atoms with Crippen molar-refractivity contribution in [3.8, 4) is 11.1 Å². The van der Waals surface area contributed by atoms with Crippen LogP contribution in [-0.4, -0.2) is 55.5 Å². The molecule has 0 aliphatic heterocycles. The number of carboxylic acid groups (broad SMARTS) is 1. The van der Waals surface area contributed by atoms with Gasteiger partial charge in [-0.05, 0) is 28.2 Å². The zero-order valence-electron chi connectivity index (χ0n) is 18.3. The lowest BCUT2D eigenvalue weighted by molar-refractivity contribution is -0.143. The molecule has 1 aliphatic carbocycles. The zero-order chi connectivity index (χ0) is 23.3. The van der Waals surface area contributed by atoms with Crippen molar-refractivity contribution < 1.29 is 29.0 Å². The van der Waals surface area contributed by atoms with E-state index >= 15 is 0 Å². The molecule has 0 fully saturated rings. The number of amides is 2. The van der Waals surface area contributed by atoms with Crippen LogP contribution in [-0.2, 0) is 19.1 Å². The van der Waals surface area contributed by atoms with E-state index in [1.165, 1.54) is 7.11 Å². The van der Waals surface area contributed by atoms with E-state index < -0.39 is 30.1 Å². The minimum Gasteiger partial charge on any atom is -0.480 e. The molecule has 0 bridgehead atoms. The van der Waals surface area contributed by atoms with E-state index in [9.17, 15) is 19.5 Å². The van der Waals surface area contributed by atoms with Gasteiger partial charge in [-0.2, -0.15) is 0 Å². The molecule has 2 amide bonds. The van der Waals surface area contributed by atoms with Gasteiger partial charge in [0.1, 0.15) is 12.6 Å². The van der Waals surface area contributed by atoms with Crippen molar-refractivity contribution in [1.29, 1.82) is 0 Å². The second-order valence-corrected chi connectivity index (χ2v) is 8.05. The van der Waals surface area contributed by atoms with Gasteiger partial charge in [0, 0.05) is 13.0 Å². The second kappa shape index (κ2) is 10.3. The van der Waals surface area contributed by atoms with Crippen molar-refractivity contribution in [2.45, 2.75) is 31.8 Å². The Balaban J connectivity index is 1.65. The van der Waals surface area contributed by atoms with Gasteiger partial charge in [-0.1, -0.05) is 62.4 Å². The van der Waals surface area contributed by atoms with Gasteiger partial charge >= 0.3 is 12.1 Å². The molecule has 8 nitrogen and oxygen atoms in total. The first kappa shape index (κ1) is 23.3. The van der Waals surface area contributed by atoms with Crippen LogP contribution in [0.25, 0.3) is 11.1 Å². The maximum Gasteiger partial charge on any atom is 0.407 e. The molecule has 2 aromatic rings. The first-order chi connectivity index (χ1) is 15.3. The van der Waals surface area contributed by atoms with E-state index in [1.54, 1.807) is 13.8 Å². The van der Waals surface area contributed by atoms with Crippen LogP contribution in [0.1, 0.15) is 30.9 Å². The first-order valence-corrected chi connectivity index (χ1v) is 10.5. The van der Waals surface area contributed by atoms with E-state index in [0.29, 0.717) is 0 Å². The second-order valence-electron chi connectivity index (χ2n) is 8.05. The topological polar surface area (TPSA) is 114 Å². The fraction of sp³-hybridized carbons (Fsp3) is 0.375. The predicted octanol–water partition coefficient (Wildman–Crippen LogP) is 2.77. The molecule has 3 rings (SSSR count). The molecule has 1 aliphatic rings. The predicted molar refractivity (Wildman–Crippen MR) is 118 cm³/mol. The molecule has 0 saturated carbocycles. The average molecular weight is 440 g/mol. The van der Waals surface area contributed by atoms with Gasteiger partial charge in [-0.25, -0.2) is 9.59 Å². The summed E-state index contributed by atoms with van der Waals surface area (Å²) in [6, 6.07) is 13.8. The number of alkyl carbamates (subject to hydrolysis) is 1. The molecular formula is C24H28N2O6. The van der Waals surface area contributed by atoms with E-state index in [2.05, 4.69) is 10.6 Å². The molecule has 0 radical (unpaired) electrons. The Morgan fingerprint density at radius 1 is 0.969 bits per heavy atom. The molecule has 32 heavy (non-hydrogen) atoms. The normalized spacial score (nSPS) is 14.2. The highest BCUT2D eigenvalue weighted by Gasteiger charge is 2.31. The molecule has 3 N–H and O–H groups in total. The molecule has 170 valence electrons. The quantitative estimate of drug-likeness (QED) is 0.553. The van der Waals surface area contributed by atoms with Crippen LogP contribution in [0.2, 0.25) is 0 Å². The summed E-state index contributed by atoms with van der Waals surface area (Å²) < 4.78 is 10.3. The molecule has 0 spiro atoms. The summed E-state index contributed by atoms with van der Waals surface area (Å²) in [5.41, 5.74) is 4.41. The third-order valence-electron chi connectivity index (χ3n) is 5.51. The number of hydrogen-bond acceptors (Lipinski definition) is 5. The molecule has 2 atom stereocenters. The molecule has 8 heteroatoms. The molecular weight excluding hydrogens is 412 g/mol. The zero-order valence-corrected chi connectivity index (χ0v) is 18.3. The van der Waals surface area contributed by atoms with Gasteiger partial charge in [0.05, 0.1) is 6.61 Å². The summed E-state index contributed by atoms with van der Waals surface area (Å²) in [7, 11) is 1.34. The maximum atomic E-state index is 12.6. The Labute approximate surface area is 186 Å². The minimum absolute atomic E-state index is 0.0995. The van der Waals surface area contributed by atoms with Crippen molar-refractivity contribution >= 4 is 18.0 Å². The number of ether oxygens (including phenoxy) is 2. The largest absolute Gasteiger partial charge is 0.480 e. The van der Waals surface area contributed by atoms with Gasteiger partial charge in [-0.15, -0.1) is 0 Å². The van der Waals surface area contributed by atoms with Crippen molar-refractivity contribution in [1.82, 2.24) is 10.6 Å². The van der Waals surface area contributed by atoms with E-state index in [4.69, 9.17) is 9.47 Å². The number of fused-ring (bicyclic) bond motifs is 3. The van der Waals surface area contributed by atoms with Gasteiger partial charge in [0.25, 0.3) is 0 Å². The van der Waals surface area contributed by atoms with Crippen LogP contribution < -0.4 is 10.6 Å². The van der Waals surface area contributed by atoms with E-state index in [1.807, 2.05) is 48.5 Å². The number of rotatable bonds is 9. The van der Waals surface area contributed by atoms with E-state index in [0.717, 1.165) is 22.3 Å². The van der Waals surface area contributed by atoms with Crippen molar-refractivity contribution in [3.63, 3.8) is 0 Å². The number of methoxy groups -OCH3 is 1. The maximum absolute atomic E-state index is 12.6. The van der Waals surface area contributed by atoms with Gasteiger partial charge in [0.15, 0.2) is 6.04 Å². The molecule has 0 aromatic heterocycles. The highest BCUT2D eigenvalue weighted by molar-refractivity contribution is 5.89. The van der Waals surface area contributed by atoms with Crippen LogP contribution in [0.15, 0.2) is 48.5 Å². The molecule has 2 aromatic carbocycles. The number of hydrogen-bond donors (Lipinski definition) is 3. The average Bonchev–Trinajstić information content (AvgIpc) is 3.09. The highest BCUT2D eigenvalue weighted by atomic mass is 16.5. The summed E-state index contributed by atoms with van der Waals surface area (Å²) in [6.45, 7) is 3.44. The van der Waals surface area contributed by atoms with Gasteiger partial charge in [0.2, 0.25) is 5.91 Å². The summed E-state index contributed by atoms with van der Waals surface area (Å²) in [5.74, 6) is -2.22. The number of benzene rings is 2. The Morgan fingerprint density at radius 3 is 2.03 bits per heavy atom. The first-order valence-electron chi connectivity index (χ1n) is 10.5. The van der Waals surface area contributed by atoms with Crippen molar-refractivity contribution in [2.75, 3.05) is 20.3 Å². The fourth-order valence-corrected chi connectivity index (χ4v) is 3.90. The molecule has 0 unspecified atom stereocenters. The number of carbonyl (C=O) groups excluding carboxylic acids is 2. The lowest BCUT2D eigenvalue weighted by Gasteiger charge is -2.24. The summed E-state index contributed by atoms with van der Waals surface area (Å²) >= 11 is 0. The van der Waals surface area contributed by atoms with Crippen LogP contribution in [0.5, 0.6) is 0 Å². The number of aliphatic carboxylic acids is 1. The Hall–Kier alpha value is -3.39. The summed E-state index contributed by atoms with van der Waals surface area (Å²) in [6.07, 6.45) is -0.737. The minimum atomic E-state index is -1.22. The smallest absolute Gasteiger partial charge is 0.407 e. The Morgan fingerprint density at radius 2 is 1.53 bits per heavy atom. The number of carboxylic acids is 1. The standard InChI is InChI=1S/C24H28N2O6/c1-14(2)21(22(27)25-20(13-31-3)23(28)29)26-24(30)32-12-19-17-10-6-4-8-15(17)16-9-5-7-11-18(16)19/h4-11,14,19-21H,12-13H2,1-3H3,(H,25,27)(H,26,30)(H,28,29)/t20-,21-/m0/s1. The van der Waals surface area contributed by atoms with Gasteiger partial charge in [-0.3, -0.25) is 4.79 Å². The molecule has 0 heterocycles. The van der Waals surface area contributed by atoms with E-state index in [-0.39, 0.29) is 25.0 Å². The van der Waals surface area contributed by atoms with Crippen LogP contribution in [0, 0.1) is 5.92 Å². The SMILES string of the molecule is COC[C@H](NC(=O)[C@@H](NC(=O)OCC1c2ccccc2-c2ccccc21)C(C)C)C(=O)O. The third kappa shape index (κ3) is 5.08. The van der Waals surface area contributed by atoms with Crippen LogP contribution in [0.3, 0.4) is 0 Å². The van der Waals surface area contributed by atoms with Crippen LogP contribution >= 0.6 is 0 Å². The molecule has 0 saturated heterocycles. The van der Waals surface area contributed by atoms with Crippen molar-refractivity contribution in [2.24, 2.45) is 5.92 Å². The van der Waals surface area contributed by atoms with Gasteiger partial charge < -0.3 is 25.2 Å². The van der Waals surface area contributed by atoms with Crippen LogP contribution in [0.4, 0.5) is 4.79 Å². The lowest BCUT2D eigenvalue weighted by atomic mass is 9.98. The van der Waals surface area contributed by atoms with Crippen molar-refractivity contribution in [3.05, 3.63) is 59.7 Å². The number of nitrogens with one attached hydrogen (secondary N) is 2. The Bertz CT molecular complexity index is 944. The fourth-order valence-electron chi connectivity index (χ4n) is 3.90. The monoisotopic (exact) mass is 440 g/mol. The lowest BCUT2D eigenvalue weighted by Crippen LogP contribution is -2.54. The third-order valence-corrected chi connectivity index (χ3v) is 5.51.